The summed E-state index contributed by atoms with van der Waals surface area (Å²) in [7, 11) is 0. The summed E-state index contributed by atoms with van der Waals surface area (Å²) >= 11 is -2.14. The van der Waals surface area contributed by atoms with Gasteiger partial charge in [0.1, 0.15) is 0 Å². The number of nitrogens with zero attached hydrogens (tertiary/aromatic N) is 6. The van der Waals surface area contributed by atoms with Crippen molar-refractivity contribution in [2.45, 2.75) is 64.7 Å². The summed E-state index contributed by atoms with van der Waals surface area (Å²) < 4.78 is 10.4. The minimum Gasteiger partial charge on any atom is 0 e. The normalized spacial score (nSPS) is 11.6. The third kappa shape index (κ3) is 8.83. The molecule has 0 aliphatic rings. The fraction of sp³-hybridized carbons (Fsp3) is 0.154. The number of nitriles is 1. The van der Waals surface area contributed by atoms with Crippen molar-refractivity contribution in [1.29, 1.82) is 5.26 Å². The van der Waals surface area contributed by atoms with Crippen LogP contribution in [0, 0.1) is 51.2 Å². The van der Waals surface area contributed by atoms with E-state index in [9.17, 15) is 5.26 Å². The second-order valence-electron chi connectivity index (χ2n) is 20.4. The van der Waals surface area contributed by atoms with Gasteiger partial charge in [-0.3, -0.25) is 9.97 Å². The van der Waals surface area contributed by atoms with Crippen molar-refractivity contribution in [3.05, 3.63) is 204 Å². The topological polar surface area (TPSA) is 93.4 Å². The van der Waals surface area contributed by atoms with Gasteiger partial charge in [0.05, 0.1) is 40.0 Å². The first-order chi connectivity index (χ1) is 35.3. The van der Waals surface area contributed by atoms with E-state index in [0.29, 0.717) is 11.3 Å². The number of fused-ring (bicyclic) bond motifs is 7. The second-order valence-corrected chi connectivity index (χ2v) is 30.9. The monoisotopic (exact) mass is 1200 g/mol. The number of rotatable bonds is 7. The molecule has 5 heterocycles. The fourth-order valence-electron chi connectivity index (χ4n) is 10.6. The number of imidazole rings is 1. The molecule has 12 aromatic rings. The number of aryl methyl sites for hydroxylation is 4. The van der Waals surface area contributed by atoms with Crippen LogP contribution >= 0.6 is 0 Å². The van der Waals surface area contributed by atoms with Crippen molar-refractivity contribution in [2.24, 2.45) is 0 Å². The fourth-order valence-corrected chi connectivity index (χ4v) is 13.7. The maximum Gasteiger partial charge on any atom is 0 e. The maximum atomic E-state index is 9.50. The van der Waals surface area contributed by atoms with E-state index < -0.39 is 13.3 Å². The van der Waals surface area contributed by atoms with E-state index in [0.717, 1.165) is 89.4 Å². The van der Waals surface area contributed by atoms with E-state index in [2.05, 4.69) is 177 Å². The zero-order valence-corrected chi connectivity index (χ0v) is 47.5. The molecule has 7 nitrogen and oxygen atoms in total. The van der Waals surface area contributed by atoms with Gasteiger partial charge < -0.3 is 8.98 Å². The van der Waals surface area contributed by atoms with Crippen LogP contribution in [0.5, 0.6) is 0 Å². The van der Waals surface area contributed by atoms with Gasteiger partial charge in [-0.1, -0.05) is 98.5 Å². The number of hydrogen-bond donors (Lipinski definition) is 0. The molecule has 5 aromatic heterocycles. The Balaban J connectivity index is 0.000000211. The molecule has 0 amide bonds. The minimum atomic E-state index is -2.14. The first-order valence-corrected chi connectivity index (χ1v) is 32.2. The smallest absolute Gasteiger partial charge is 0 e. The molecular formula is C65H54GeIrN6O-2. The number of hydrogen-bond acceptors (Lipinski definition) is 6. The molecule has 0 aliphatic carbocycles. The number of pyridine rings is 3. The predicted molar refractivity (Wildman–Crippen MR) is 303 cm³/mol. The third-order valence-corrected chi connectivity index (χ3v) is 18.3. The van der Waals surface area contributed by atoms with Gasteiger partial charge in [-0.25, -0.2) is 4.98 Å². The van der Waals surface area contributed by atoms with Gasteiger partial charge in [0, 0.05) is 42.1 Å². The van der Waals surface area contributed by atoms with Crippen molar-refractivity contribution < 1.29 is 24.5 Å². The van der Waals surface area contributed by atoms with Gasteiger partial charge in [-0.2, -0.15) is 0 Å². The van der Waals surface area contributed by atoms with Crippen LogP contribution < -0.4 is 4.40 Å². The molecule has 0 atom stereocenters. The molecule has 0 bridgehead atoms. The molecule has 0 spiro atoms. The Morgan fingerprint density at radius 3 is 2.04 bits per heavy atom. The Labute approximate surface area is 448 Å². The largest absolute Gasteiger partial charge is 0 e. The molecule has 12 rings (SSSR count). The molecule has 7 aromatic carbocycles. The van der Waals surface area contributed by atoms with Crippen LogP contribution in [0.25, 0.3) is 105 Å². The summed E-state index contributed by atoms with van der Waals surface area (Å²) in [4.78, 5) is 19.9. The van der Waals surface area contributed by atoms with Crippen LogP contribution in [-0.2, 0) is 20.1 Å². The zero-order chi connectivity index (χ0) is 50.7. The van der Waals surface area contributed by atoms with Gasteiger partial charge in [-0.15, -0.1) is 17.7 Å². The van der Waals surface area contributed by atoms with Gasteiger partial charge in [0.25, 0.3) is 0 Å². The van der Waals surface area contributed by atoms with Crippen molar-refractivity contribution in [2.75, 3.05) is 0 Å². The molecule has 365 valence electrons. The number of aromatic nitrogens is 5. The van der Waals surface area contributed by atoms with E-state index >= 15 is 0 Å². The van der Waals surface area contributed by atoms with Crippen molar-refractivity contribution in [3.8, 4) is 56.8 Å². The van der Waals surface area contributed by atoms with E-state index in [1.54, 1.807) is 0 Å². The summed E-state index contributed by atoms with van der Waals surface area (Å²) in [6.07, 6.45) is 3.97. The standard InChI is InChI=1S/C44H35N4O.C21H19GeN2.Ir/c1-24(2)38-31-16-9-7-14-29(31)30-15-8-10-17-32(30)41(38)48-37-23-45-28(6)22-36(37)46-43(48)34-19-18-27(5)40-33-20-21-35(47-44(33)49-42(34)40)39-25(3)12-11-13-26(39)4;1-22(2,3)20-15-24-21(16-9-5-4-6-10-16)13-19(20)18-12-8-7-11-17(18)14-23;/h7-18,20-24H,1-6H3;4-9,11-13,15H,1-3H3;/q2*-1;. The predicted octanol–water partition coefficient (Wildman–Crippen LogP) is 16.1. The van der Waals surface area contributed by atoms with Crippen LogP contribution in [-0.4, -0.2) is 37.8 Å². The van der Waals surface area contributed by atoms with Crippen LogP contribution in [0.4, 0.5) is 0 Å². The molecule has 0 saturated carbocycles. The molecular weight excluding hydrogens is 1150 g/mol. The Kier molecular flexibility index (Phi) is 13.6. The first kappa shape index (κ1) is 50.0. The SMILES string of the molecule is Cc1cc2nc(-c3[c-]cc(C)c4c3oc3nc(-c5c(C)cccc5C)ccc34)n(-c3c(C(C)C)c4ccccc4c4ccccc34)c2cn1.[CH3][Ge]([CH3])([CH3])[c]1cnc(-c2[c-]cccc2)cc1-c1ccccc1C#N.[Ir]. The molecule has 74 heavy (non-hydrogen) atoms. The van der Waals surface area contributed by atoms with Crippen molar-refractivity contribution in [3.63, 3.8) is 0 Å². The summed E-state index contributed by atoms with van der Waals surface area (Å²) in [5.74, 6) is 8.05. The number of benzene rings is 7. The summed E-state index contributed by atoms with van der Waals surface area (Å²) in [5.41, 5.74) is 17.5. The van der Waals surface area contributed by atoms with E-state index in [4.69, 9.17) is 19.4 Å². The van der Waals surface area contributed by atoms with E-state index in [1.165, 1.54) is 42.6 Å². The average Bonchev–Trinajstić information content (AvgIpc) is 3.97. The Hall–Kier alpha value is -7.54. The maximum absolute atomic E-state index is 9.50. The number of furan rings is 1. The summed E-state index contributed by atoms with van der Waals surface area (Å²) in [6, 6.07) is 59.1. The minimum absolute atomic E-state index is 0. The third-order valence-electron chi connectivity index (χ3n) is 14.0. The van der Waals surface area contributed by atoms with Crippen LogP contribution in [0.2, 0.25) is 17.3 Å². The molecule has 0 N–H and O–H groups in total. The van der Waals surface area contributed by atoms with Crippen molar-refractivity contribution >= 4 is 72.3 Å². The van der Waals surface area contributed by atoms with Crippen molar-refractivity contribution in [1.82, 2.24) is 24.5 Å². The zero-order valence-electron chi connectivity index (χ0n) is 43.0. The summed E-state index contributed by atoms with van der Waals surface area (Å²) in [6.45, 7) is 12.9. The average molecular weight is 1200 g/mol. The Morgan fingerprint density at radius 2 is 1.34 bits per heavy atom. The molecule has 0 aliphatic heterocycles. The molecule has 1 radical (unpaired) electrons. The Morgan fingerprint density at radius 1 is 0.649 bits per heavy atom. The van der Waals surface area contributed by atoms with E-state index in [-0.39, 0.29) is 26.0 Å². The molecule has 0 saturated heterocycles. The quantitative estimate of drug-likeness (QED) is 0.0897. The summed E-state index contributed by atoms with van der Waals surface area (Å²) in [5, 5.41) is 16.4. The second kappa shape index (κ2) is 20.1. The van der Waals surface area contributed by atoms with Crippen LogP contribution in [0.15, 0.2) is 162 Å². The van der Waals surface area contributed by atoms with Gasteiger partial charge >= 0.3 is 146 Å². The van der Waals surface area contributed by atoms with Gasteiger partial charge in [0.2, 0.25) is 5.71 Å². The molecule has 9 heteroatoms. The Bertz CT molecular complexity index is 4160. The van der Waals surface area contributed by atoms with Gasteiger partial charge in [0.15, 0.2) is 0 Å². The van der Waals surface area contributed by atoms with Crippen LogP contribution in [0.1, 0.15) is 53.3 Å². The molecule has 0 fully saturated rings. The van der Waals surface area contributed by atoms with Gasteiger partial charge in [-0.05, 0) is 77.7 Å². The van der Waals surface area contributed by atoms with Crippen LogP contribution in [0.3, 0.4) is 0 Å². The first-order valence-electron chi connectivity index (χ1n) is 24.9. The molecule has 0 unspecified atom stereocenters. The van der Waals surface area contributed by atoms with E-state index in [1.807, 2.05) is 67.8 Å².